The van der Waals surface area contributed by atoms with Gasteiger partial charge in [-0.1, -0.05) is 67.7 Å². The van der Waals surface area contributed by atoms with E-state index < -0.39 is 5.97 Å². The quantitative estimate of drug-likeness (QED) is 0.314. The van der Waals surface area contributed by atoms with Crippen LogP contribution in [0, 0.1) is 0 Å². The summed E-state index contributed by atoms with van der Waals surface area (Å²) in [7, 11) is 0. The van der Waals surface area contributed by atoms with Gasteiger partial charge in [-0.25, -0.2) is 0 Å². The van der Waals surface area contributed by atoms with Gasteiger partial charge >= 0.3 is 5.97 Å². The predicted molar refractivity (Wildman–Crippen MR) is 95.4 cm³/mol. The zero-order valence-corrected chi connectivity index (χ0v) is 13.9. The van der Waals surface area contributed by atoms with Gasteiger partial charge in [0.05, 0.1) is 6.10 Å². The maximum Gasteiger partial charge on any atom is 0.303 e. The summed E-state index contributed by atoms with van der Waals surface area (Å²) in [5, 5.41) is 8.56. The third-order valence-corrected chi connectivity index (χ3v) is 3.38. The Kier molecular flexibility index (Phi) is 10.5. The fraction of sp³-hybridized carbons (Fsp3) is 0.450. The van der Waals surface area contributed by atoms with Gasteiger partial charge in [0.25, 0.3) is 0 Å². The van der Waals surface area contributed by atoms with Crippen LogP contribution in [0.3, 0.4) is 0 Å². The molecule has 23 heavy (non-hydrogen) atoms. The van der Waals surface area contributed by atoms with Gasteiger partial charge in [-0.15, -0.1) is 0 Å². The SMILES string of the molecule is CC/C=C\C/C=C\C\C=C/C=C/C=C/C1OC1CCCC(=O)O. The first-order chi connectivity index (χ1) is 11.2. The molecule has 3 nitrogen and oxygen atoms in total. The van der Waals surface area contributed by atoms with Gasteiger partial charge in [0, 0.05) is 6.42 Å². The molecule has 1 heterocycles. The highest BCUT2D eigenvalue weighted by molar-refractivity contribution is 5.66. The number of hydrogen-bond acceptors (Lipinski definition) is 2. The number of carboxylic acid groups (broad SMARTS) is 1. The Morgan fingerprint density at radius 1 is 1.00 bits per heavy atom. The Hall–Kier alpha value is -1.87. The molecule has 0 aliphatic carbocycles. The molecule has 0 saturated carbocycles. The fourth-order valence-electron chi connectivity index (χ4n) is 2.08. The highest BCUT2D eigenvalue weighted by atomic mass is 16.6. The number of carbonyl (C=O) groups is 1. The number of ether oxygens (including phenoxy) is 1. The van der Waals surface area contributed by atoms with Crippen molar-refractivity contribution in [2.24, 2.45) is 0 Å². The summed E-state index contributed by atoms with van der Waals surface area (Å²) < 4.78 is 5.45. The van der Waals surface area contributed by atoms with Crippen LogP contribution in [-0.4, -0.2) is 23.3 Å². The van der Waals surface area contributed by atoms with Crippen molar-refractivity contribution in [1.82, 2.24) is 0 Å². The van der Waals surface area contributed by atoms with Gasteiger partial charge in [0.15, 0.2) is 0 Å². The van der Waals surface area contributed by atoms with Crippen molar-refractivity contribution in [2.75, 3.05) is 0 Å². The van der Waals surface area contributed by atoms with Crippen LogP contribution in [-0.2, 0) is 9.53 Å². The van der Waals surface area contributed by atoms with E-state index in [4.69, 9.17) is 9.84 Å². The molecular formula is C20H28O3. The first-order valence-corrected chi connectivity index (χ1v) is 8.41. The molecule has 1 rings (SSSR count). The van der Waals surface area contributed by atoms with Crippen molar-refractivity contribution >= 4 is 5.97 Å². The maximum atomic E-state index is 10.4. The lowest BCUT2D eigenvalue weighted by Crippen LogP contribution is -1.97. The highest BCUT2D eigenvalue weighted by Crippen LogP contribution is 2.28. The smallest absolute Gasteiger partial charge is 0.303 e. The van der Waals surface area contributed by atoms with Crippen LogP contribution in [0.25, 0.3) is 0 Å². The second-order valence-corrected chi connectivity index (χ2v) is 5.45. The molecule has 3 heteroatoms. The fourth-order valence-corrected chi connectivity index (χ4v) is 2.08. The van der Waals surface area contributed by atoms with Crippen LogP contribution < -0.4 is 0 Å². The Balaban J connectivity index is 2.02. The number of carboxylic acids is 1. The van der Waals surface area contributed by atoms with Crippen LogP contribution in [0.4, 0.5) is 0 Å². The standard InChI is InChI=1S/C20H28O3/c1-2-3-4-5-6-7-8-9-10-11-12-13-15-18-19(23-18)16-14-17-20(21)22/h3-4,6-7,9-13,15,18-19H,2,5,8,14,16-17H2,1H3,(H,21,22)/b4-3-,7-6-,10-9-,12-11+,15-13+. The summed E-state index contributed by atoms with van der Waals surface area (Å²) in [5.41, 5.74) is 0. The van der Waals surface area contributed by atoms with E-state index >= 15 is 0 Å². The average molecular weight is 316 g/mol. The number of aliphatic carboxylic acids is 1. The normalized spacial score (nSPS) is 21.6. The highest BCUT2D eigenvalue weighted by Gasteiger charge is 2.35. The van der Waals surface area contributed by atoms with Crippen LogP contribution in [0.2, 0.25) is 0 Å². The molecule has 126 valence electrons. The van der Waals surface area contributed by atoms with Crippen molar-refractivity contribution in [2.45, 2.75) is 57.7 Å². The second kappa shape index (κ2) is 12.7. The van der Waals surface area contributed by atoms with Gasteiger partial charge in [0.2, 0.25) is 0 Å². The molecule has 0 aromatic rings. The minimum atomic E-state index is -0.736. The topological polar surface area (TPSA) is 49.8 Å². The lowest BCUT2D eigenvalue weighted by atomic mass is 10.1. The number of allylic oxidation sites excluding steroid dienone is 9. The Labute approximate surface area is 139 Å². The molecule has 1 fully saturated rings. The molecular weight excluding hydrogens is 288 g/mol. The Morgan fingerprint density at radius 2 is 1.70 bits per heavy atom. The first kappa shape index (κ1) is 19.2. The van der Waals surface area contributed by atoms with Crippen molar-refractivity contribution in [1.29, 1.82) is 0 Å². The lowest BCUT2D eigenvalue weighted by Gasteiger charge is -1.91. The molecule has 1 saturated heterocycles. The molecule has 0 radical (unpaired) electrons. The zero-order valence-electron chi connectivity index (χ0n) is 13.9. The zero-order chi connectivity index (χ0) is 16.8. The van der Waals surface area contributed by atoms with E-state index in [-0.39, 0.29) is 18.6 Å². The van der Waals surface area contributed by atoms with E-state index in [2.05, 4.69) is 37.3 Å². The molecule has 0 aromatic heterocycles. The van der Waals surface area contributed by atoms with Gasteiger partial charge < -0.3 is 9.84 Å². The number of hydrogen-bond donors (Lipinski definition) is 1. The molecule has 0 bridgehead atoms. The van der Waals surface area contributed by atoms with Crippen LogP contribution in [0.1, 0.15) is 45.4 Å². The van der Waals surface area contributed by atoms with E-state index in [1.807, 2.05) is 30.4 Å². The number of rotatable bonds is 12. The molecule has 2 unspecified atom stereocenters. The third kappa shape index (κ3) is 11.4. The summed E-state index contributed by atoms with van der Waals surface area (Å²) in [6.07, 6.45) is 26.0. The predicted octanol–water partition coefficient (Wildman–Crippen LogP) is 4.98. The average Bonchev–Trinajstić information content (AvgIpc) is 3.26. The van der Waals surface area contributed by atoms with Gasteiger partial charge in [-0.05, 0) is 32.1 Å². The minimum absolute atomic E-state index is 0.163. The summed E-state index contributed by atoms with van der Waals surface area (Å²) in [4.78, 5) is 10.4. The Bertz CT molecular complexity index is 469. The largest absolute Gasteiger partial charge is 0.481 e. The van der Waals surface area contributed by atoms with E-state index in [1.54, 1.807) is 0 Å². The first-order valence-electron chi connectivity index (χ1n) is 8.41. The maximum absolute atomic E-state index is 10.4. The molecule has 0 spiro atoms. The van der Waals surface area contributed by atoms with Crippen molar-refractivity contribution in [3.8, 4) is 0 Å². The minimum Gasteiger partial charge on any atom is -0.481 e. The van der Waals surface area contributed by atoms with Crippen LogP contribution in [0.15, 0.2) is 60.8 Å². The number of epoxide rings is 1. The summed E-state index contributed by atoms with van der Waals surface area (Å²) in [6, 6.07) is 0. The molecule has 1 N–H and O–H groups in total. The van der Waals surface area contributed by atoms with Gasteiger partial charge in [-0.3, -0.25) is 4.79 Å². The molecule has 2 atom stereocenters. The van der Waals surface area contributed by atoms with E-state index in [9.17, 15) is 4.79 Å². The summed E-state index contributed by atoms with van der Waals surface area (Å²) in [5.74, 6) is -0.736. The van der Waals surface area contributed by atoms with Gasteiger partial charge in [-0.2, -0.15) is 0 Å². The lowest BCUT2D eigenvalue weighted by molar-refractivity contribution is -0.137. The monoisotopic (exact) mass is 316 g/mol. The van der Waals surface area contributed by atoms with E-state index in [0.717, 1.165) is 25.7 Å². The van der Waals surface area contributed by atoms with E-state index in [1.165, 1.54) is 0 Å². The van der Waals surface area contributed by atoms with E-state index in [0.29, 0.717) is 6.42 Å². The van der Waals surface area contributed by atoms with Crippen molar-refractivity contribution < 1.29 is 14.6 Å². The molecule has 1 aliphatic heterocycles. The van der Waals surface area contributed by atoms with Crippen LogP contribution in [0.5, 0.6) is 0 Å². The van der Waals surface area contributed by atoms with Gasteiger partial charge in [0.1, 0.15) is 6.10 Å². The molecule has 0 aromatic carbocycles. The van der Waals surface area contributed by atoms with Crippen LogP contribution >= 0.6 is 0 Å². The second-order valence-electron chi connectivity index (χ2n) is 5.45. The molecule has 1 aliphatic rings. The molecule has 0 amide bonds. The van der Waals surface area contributed by atoms with Crippen molar-refractivity contribution in [3.05, 3.63) is 60.8 Å². The van der Waals surface area contributed by atoms with Crippen molar-refractivity contribution in [3.63, 3.8) is 0 Å². The summed E-state index contributed by atoms with van der Waals surface area (Å²) in [6.45, 7) is 2.14. The summed E-state index contributed by atoms with van der Waals surface area (Å²) >= 11 is 0. The Morgan fingerprint density at radius 3 is 2.43 bits per heavy atom. The third-order valence-electron chi connectivity index (χ3n) is 3.38.